The Bertz CT molecular complexity index is 1190. The predicted octanol–water partition coefficient (Wildman–Crippen LogP) is 10.4. The number of allylic oxidation sites excluding steroid dienone is 1. The van der Waals surface area contributed by atoms with Gasteiger partial charge in [0.25, 0.3) is 0 Å². The molecule has 2 saturated carbocycles. The van der Waals surface area contributed by atoms with E-state index in [-0.39, 0.29) is 11.8 Å². The third-order valence-corrected chi connectivity index (χ3v) is 16.7. The lowest BCUT2D eigenvalue weighted by Crippen LogP contribution is -2.51. The van der Waals surface area contributed by atoms with Crippen molar-refractivity contribution in [2.45, 2.75) is 109 Å². The molecule has 1 heterocycles. The number of hydrogen-bond acceptors (Lipinski definition) is 3. The zero-order chi connectivity index (χ0) is 31.5. The number of nitrogens with zero attached hydrogens (tertiary/aromatic N) is 1. The van der Waals surface area contributed by atoms with Crippen molar-refractivity contribution in [1.82, 2.24) is 4.98 Å². The molecule has 0 unspecified atom stereocenters. The Morgan fingerprint density at radius 3 is 2.21 bits per heavy atom. The van der Waals surface area contributed by atoms with Gasteiger partial charge < -0.3 is 9.53 Å². The van der Waals surface area contributed by atoms with E-state index in [0.29, 0.717) is 52.1 Å². The van der Waals surface area contributed by atoms with E-state index >= 15 is 0 Å². The van der Waals surface area contributed by atoms with Crippen molar-refractivity contribution in [2.75, 3.05) is 6.61 Å². The smallest absolute Gasteiger partial charge is 0.416 e. The number of fused-ring (bicyclic) bond motifs is 1. The van der Waals surface area contributed by atoms with Gasteiger partial charge in [-0.15, -0.1) is 0 Å². The third kappa shape index (κ3) is 7.47. The minimum atomic E-state index is -4.38. The summed E-state index contributed by atoms with van der Waals surface area (Å²) in [6.07, 6.45) is 7.19. The van der Waals surface area contributed by atoms with Gasteiger partial charge in [-0.2, -0.15) is 13.2 Å². The van der Waals surface area contributed by atoms with Crippen molar-refractivity contribution >= 4 is 14.4 Å². The molecule has 2 fully saturated rings. The van der Waals surface area contributed by atoms with Crippen LogP contribution < -0.4 is 0 Å². The van der Waals surface area contributed by atoms with Crippen LogP contribution in [0.3, 0.4) is 0 Å². The topological polar surface area (TPSA) is 42.4 Å². The van der Waals surface area contributed by atoms with Crippen molar-refractivity contribution in [1.29, 1.82) is 0 Å². The van der Waals surface area contributed by atoms with Crippen LogP contribution in [0.25, 0.3) is 17.2 Å². The van der Waals surface area contributed by atoms with Gasteiger partial charge in [0.1, 0.15) is 0 Å². The summed E-state index contributed by atoms with van der Waals surface area (Å²) in [6, 6.07) is 9.08. The molecule has 3 nitrogen and oxygen atoms in total. The summed E-state index contributed by atoms with van der Waals surface area (Å²) < 4.78 is 46.8. The number of rotatable bonds is 10. The van der Waals surface area contributed by atoms with Crippen LogP contribution in [-0.4, -0.2) is 31.1 Å². The Labute approximate surface area is 258 Å². The number of aromatic nitrogens is 1. The minimum Gasteiger partial charge on any atom is -0.416 e. The maximum absolute atomic E-state index is 13.2. The molecule has 238 valence electrons. The maximum Gasteiger partial charge on any atom is 0.416 e. The van der Waals surface area contributed by atoms with Gasteiger partial charge in [-0.1, -0.05) is 85.1 Å². The Hall–Kier alpha value is -1.96. The fraction of sp³-hybridized carbons (Fsp3) is 0.639. The van der Waals surface area contributed by atoms with Gasteiger partial charge in [-0.25, -0.2) is 0 Å². The summed E-state index contributed by atoms with van der Waals surface area (Å²) in [5.74, 6) is 1.81. The molecule has 2 aromatic rings. The summed E-state index contributed by atoms with van der Waals surface area (Å²) in [5.41, 5.74) is 2.82. The van der Waals surface area contributed by atoms with Crippen LogP contribution in [0.5, 0.6) is 0 Å². The molecule has 0 radical (unpaired) electrons. The van der Waals surface area contributed by atoms with Crippen LogP contribution in [-0.2, 0) is 10.6 Å². The Kier molecular flexibility index (Phi) is 11.0. The summed E-state index contributed by atoms with van der Waals surface area (Å²) in [5, 5.41) is 11.2. The van der Waals surface area contributed by atoms with Crippen LogP contribution in [0.2, 0.25) is 16.6 Å². The van der Waals surface area contributed by atoms with E-state index in [2.05, 4.69) is 58.7 Å². The standard InChI is InChI=1S/C36H52F3NO2Si/c1-23(2)43(24(3)4,25(5)6)42-22-30-19-28-11-8-9-14-33(28)34(35(30)26(7)41)18-17-32-16-15-29(21-40-32)27-12-10-13-31(20-27)36(37,38)39/h10,12-13,15-18,20-21,23-26,28,30,33-35,41H,8-9,11,14,19,22H2,1-7H3/t26-,28+,30+,33-,34+,35-/m1/s1. The summed E-state index contributed by atoms with van der Waals surface area (Å²) in [7, 11) is -2.03. The van der Waals surface area contributed by atoms with Crippen LogP contribution in [0, 0.1) is 29.6 Å². The van der Waals surface area contributed by atoms with Crippen molar-refractivity contribution < 1.29 is 22.7 Å². The van der Waals surface area contributed by atoms with Crippen molar-refractivity contribution in [2.24, 2.45) is 29.6 Å². The maximum atomic E-state index is 13.2. The average Bonchev–Trinajstić information content (AvgIpc) is 2.95. The lowest BCUT2D eigenvalue weighted by Gasteiger charge is -2.51. The number of aliphatic hydroxyl groups excluding tert-OH is 1. The number of pyridine rings is 1. The van der Waals surface area contributed by atoms with Gasteiger partial charge in [-0.05, 0) is 95.8 Å². The molecule has 0 saturated heterocycles. The highest BCUT2D eigenvalue weighted by molar-refractivity contribution is 6.77. The SMILES string of the molecule is CC(C)[Si](OC[C@@H]1C[C@@H]2CCCC[C@H]2[C@H](C=Cc2ccc(-c3cccc(C(F)(F)F)c3)cn2)[C@@H]1[C@@H](C)O)(C(C)C)C(C)C. The Morgan fingerprint density at radius 2 is 1.63 bits per heavy atom. The van der Waals surface area contributed by atoms with Gasteiger partial charge in [0.15, 0.2) is 8.32 Å². The molecule has 0 spiro atoms. The average molecular weight is 616 g/mol. The molecule has 1 N–H and O–H groups in total. The van der Waals surface area contributed by atoms with E-state index in [4.69, 9.17) is 4.43 Å². The number of benzene rings is 1. The quantitative estimate of drug-likeness (QED) is 0.270. The molecule has 6 atom stereocenters. The van der Waals surface area contributed by atoms with Crippen LogP contribution in [0.4, 0.5) is 13.2 Å². The van der Waals surface area contributed by atoms with Crippen LogP contribution in [0.15, 0.2) is 48.7 Å². The second kappa shape index (κ2) is 14.0. The first kappa shape index (κ1) is 33.9. The van der Waals surface area contributed by atoms with E-state index in [0.717, 1.165) is 18.2 Å². The molecule has 0 bridgehead atoms. The minimum absolute atomic E-state index is 0.109. The van der Waals surface area contributed by atoms with E-state index in [1.165, 1.54) is 37.8 Å². The second-order valence-electron chi connectivity index (χ2n) is 14.1. The molecule has 43 heavy (non-hydrogen) atoms. The lowest BCUT2D eigenvalue weighted by molar-refractivity contribution is -0.137. The van der Waals surface area contributed by atoms with Crippen LogP contribution in [0.1, 0.15) is 91.8 Å². The van der Waals surface area contributed by atoms with Crippen LogP contribution >= 0.6 is 0 Å². The normalized spacial score (nSPS) is 26.0. The monoisotopic (exact) mass is 615 g/mol. The molecule has 1 aromatic heterocycles. The molecule has 2 aliphatic carbocycles. The van der Waals surface area contributed by atoms with Gasteiger partial charge in [0.2, 0.25) is 0 Å². The number of hydrogen-bond donors (Lipinski definition) is 1. The molecule has 4 rings (SSSR count). The van der Waals surface area contributed by atoms with Gasteiger partial charge in [0.05, 0.1) is 17.4 Å². The summed E-state index contributed by atoms with van der Waals surface area (Å²) >= 11 is 0. The third-order valence-electron chi connectivity index (χ3n) is 10.7. The zero-order valence-electron chi connectivity index (χ0n) is 27.1. The molecular weight excluding hydrogens is 563 g/mol. The lowest BCUT2D eigenvalue weighted by atomic mass is 9.57. The zero-order valence-corrected chi connectivity index (χ0v) is 28.1. The van der Waals surface area contributed by atoms with E-state index in [1.807, 2.05) is 19.1 Å². The van der Waals surface area contributed by atoms with Crippen molar-refractivity contribution in [3.63, 3.8) is 0 Å². The first-order valence-corrected chi connectivity index (χ1v) is 18.5. The summed E-state index contributed by atoms with van der Waals surface area (Å²) in [4.78, 5) is 4.60. The van der Waals surface area contributed by atoms with E-state index in [1.54, 1.807) is 12.3 Å². The highest BCUT2D eigenvalue weighted by atomic mass is 28.4. The first-order chi connectivity index (χ1) is 20.3. The highest BCUT2D eigenvalue weighted by Gasteiger charge is 2.49. The Morgan fingerprint density at radius 1 is 0.953 bits per heavy atom. The van der Waals surface area contributed by atoms with E-state index < -0.39 is 26.2 Å². The predicted molar refractivity (Wildman–Crippen MR) is 173 cm³/mol. The number of halogens is 3. The second-order valence-corrected chi connectivity index (χ2v) is 19.6. The number of alkyl halides is 3. The molecule has 7 heteroatoms. The van der Waals surface area contributed by atoms with Gasteiger partial charge >= 0.3 is 6.18 Å². The number of aliphatic hydroxyl groups is 1. The van der Waals surface area contributed by atoms with Crippen molar-refractivity contribution in [3.05, 3.63) is 59.9 Å². The highest BCUT2D eigenvalue weighted by Crippen LogP contribution is 2.52. The van der Waals surface area contributed by atoms with Gasteiger partial charge in [-0.3, -0.25) is 4.98 Å². The molecule has 0 amide bonds. The van der Waals surface area contributed by atoms with E-state index in [9.17, 15) is 18.3 Å². The fourth-order valence-electron chi connectivity index (χ4n) is 8.86. The van der Waals surface area contributed by atoms with Gasteiger partial charge in [0, 0.05) is 18.4 Å². The molecule has 0 aliphatic heterocycles. The molecule has 1 aromatic carbocycles. The Balaban J connectivity index is 1.59. The molecular formula is C36H52F3NO2Si. The fourth-order valence-corrected chi connectivity index (χ4v) is 14.4. The largest absolute Gasteiger partial charge is 0.416 e. The van der Waals surface area contributed by atoms with Crippen molar-refractivity contribution in [3.8, 4) is 11.1 Å². The summed E-state index contributed by atoms with van der Waals surface area (Å²) in [6.45, 7) is 16.6. The molecule has 2 aliphatic rings. The first-order valence-electron chi connectivity index (χ1n) is 16.4.